The molecule has 2 N–H and O–H groups in total. The first-order valence-electron chi connectivity index (χ1n) is 9.21. The normalized spacial score (nSPS) is 13.9. The smallest absolute Gasteiger partial charge is 0.267 e. The number of nitrogens with two attached hydrogens (primary N) is 1. The number of thioether (sulfide) groups is 1. The van der Waals surface area contributed by atoms with Crippen LogP contribution in [0.2, 0.25) is 0 Å². The van der Waals surface area contributed by atoms with E-state index in [0.717, 1.165) is 41.5 Å². The molecule has 1 amide bonds. The highest BCUT2D eigenvalue weighted by Gasteiger charge is 2.22. The van der Waals surface area contributed by atoms with Crippen molar-refractivity contribution in [3.8, 4) is 11.4 Å². The zero-order valence-electron chi connectivity index (χ0n) is 15.6. The Labute approximate surface area is 170 Å². The van der Waals surface area contributed by atoms with E-state index in [0.29, 0.717) is 16.6 Å². The number of carbonyl (C=O) groups excluding carboxylic acids is 1. The van der Waals surface area contributed by atoms with Gasteiger partial charge in [-0.25, -0.2) is 4.98 Å². The van der Waals surface area contributed by atoms with Gasteiger partial charge in [0, 0.05) is 4.88 Å². The summed E-state index contributed by atoms with van der Waals surface area (Å²) in [6.07, 6.45) is 5.36. The number of thiophene rings is 1. The predicted molar refractivity (Wildman–Crippen MR) is 113 cm³/mol. The number of aromatic nitrogens is 2. The van der Waals surface area contributed by atoms with Crippen molar-refractivity contribution in [2.24, 2.45) is 5.73 Å². The summed E-state index contributed by atoms with van der Waals surface area (Å²) in [6.45, 7) is 0. The van der Waals surface area contributed by atoms with Gasteiger partial charge in [-0.2, -0.15) is 0 Å². The first-order chi connectivity index (χ1) is 13.6. The van der Waals surface area contributed by atoms with E-state index in [2.05, 4.69) is 0 Å². The lowest BCUT2D eigenvalue weighted by Crippen LogP contribution is -2.23. The molecule has 8 heteroatoms. The van der Waals surface area contributed by atoms with E-state index in [1.807, 2.05) is 24.3 Å². The van der Waals surface area contributed by atoms with Crippen molar-refractivity contribution in [2.45, 2.75) is 37.3 Å². The Morgan fingerprint density at radius 3 is 2.71 bits per heavy atom. The first-order valence-corrected chi connectivity index (χ1v) is 11.0. The lowest BCUT2D eigenvalue weighted by atomic mass is 10.1. The second-order valence-electron chi connectivity index (χ2n) is 6.73. The van der Waals surface area contributed by atoms with Crippen LogP contribution in [0.3, 0.4) is 0 Å². The van der Waals surface area contributed by atoms with Gasteiger partial charge in [-0.15, -0.1) is 11.3 Å². The number of carbonyl (C=O) groups is 1. The van der Waals surface area contributed by atoms with Gasteiger partial charge in [0.15, 0.2) is 5.16 Å². The molecule has 1 aliphatic carbocycles. The number of methoxy groups -OCH3 is 1. The van der Waals surface area contributed by atoms with Gasteiger partial charge in [-0.1, -0.05) is 18.2 Å². The van der Waals surface area contributed by atoms with Gasteiger partial charge in [0.25, 0.3) is 5.56 Å². The third-order valence-corrected chi connectivity index (χ3v) is 7.03. The van der Waals surface area contributed by atoms with Crippen LogP contribution in [0, 0.1) is 0 Å². The maximum Gasteiger partial charge on any atom is 0.267 e. The van der Waals surface area contributed by atoms with Gasteiger partial charge in [0.1, 0.15) is 10.6 Å². The topological polar surface area (TPSA) is 87.2 Å². The summed E-state index contributed by atoms with van der Waals surface area (Å²) in [7, 11) is 1.60. The van der Waals surface area contributed by atoms with Crippen molar-refractivity contribution in [1.82, 2.24) is 9.55 Å². The summed E-state index contributed by atoms with van der Waals surface area (Å²) >= 11 is 2.80. The molecule has 1 aliphatic rings. The number of rotatable bonds is 5. The molecule has 2 heterocycles. The van der Waals surface area contributed by atoms with Crippen molar-refractivity contribution in [1.29, 1.82) is 0 Å². The van der Waals surface area contributed by atoms with E-state index >= 15 is 0 Å². The van der Waals surface area contributed by atoms with E-state index in [4.69, 9.17) is 15.5 Å². The lowest BCUT2D eigenvalue weighted by molar-refractivity contribution is -0.115. The molecule has 0 atom stereocenters. The molecule has 146 valence electrons. The maximum absolute atomic E-state index is 13.6. The minimum absolute atomic E-state index is 0.0686. The second kappa shape index (κ2) is 7.97. The standard InChI is InChI=1S/C20H21N3O3S2/c1-26-13-9-7-12(8-10-13)23-19(25)17-14-5-3-2-4-6-15(14)28-18(17)22-20(23)27-11-16(21)24/h7-10H,2-6,11H2,1H3,(H2,21,24). The highest BCUT2D eigenvalue weighted by atomic mass is 32.2. The molecule has 6 nitrogen and oxygen atoms in total. The van der Waals surface area contributed by atoms with Crippen molar-refractivity contribution >= 4 is 39.2 Å². The molecule has 0 radical (unpaired) electrons. The molecular weight excluding hydrogens is 394 g/mol. The molecule has 0 aliphatic heterocycles. The highest BCUT2D eigenvalue weighted by molar-refractivity contribution is 7.99. The summed E-state index contributed by atoms with van der Waals surface area (Å²) in [4.78, 5) is 31.7. The molecule has 0 fully saturated rings. The number of fused-ring (bicyclic) bond motifs is 3. The minimum Gasteiger partial charge on any atom is -0.497 e. The lowest BCUT2D eigenvalue weighted by Gasteiger charge is -2.12. The molecule has 3 aromatic rings. The number of benzene rings is 1. The van der Waals surface area contributed by atoms with Crippen molar-refractivity contribution in [2.75, 3.05) is 12.9 Å². The van der Waals surface area contributed by atoms with Gasteiger partial charge >= 0.3 is 0 Å². The highest BCUT2D eigenvalue weighted by Crippen LogP contribution is 2.34. The molecule has 28 heavy (non-hydrogen) atoms. The van der Waals surface area contributed by atoms with E-state index in [-0.39, 0.29) is 11.3 Å². The van der Waals surface area contributed by atoms with Crippen molar-refractivity contribution < 1.29 is 9.53 Å². The van der Waals surface area contributed by atoms with Gasteiger partial charge < -0.3 is 10.5 Å². The maximum atomic E-state index is 13.6. The Balaban J connectivity index is 1.94. The number of hydrogen-bond acceptors (Lipinski definition) is 6. The Hall–Kier alpha value is -2.32. The number of nitrogens with zero attached hydrogens (tertiary/aromatic N) is 2. The number of hydrogen-bond donors (Lipinski definition) is 1. The quantitative estimate of drug-likeness (QED) is 0.392. The average Bonchev–Trinajstić information content (AvgIpc) is 2.88. The van der Waals surface area contributed by atoms with Gasteiger partial charge in [0.2, 0.25) is 5.91 Å². The van der Waals surface area contributed by atoms with Crippen LogP contribution in [0.25, 0.3) is 15.9 Å². The van der Waals surface area contributed by atoms with Crippen LogP contribution in [0.15, 0.2) is 34.2 Å². The van der Waals surface area contributed by atoms with Crippen LogP contribution in [0.1, 0.15) is 29.7 Å². The number of amides is 1. The Kier molecular flexibility index (Phi) is 5.41. The van der Waals surface area contributed by atoms with Gasteiger partial charge in [-0.05, 0) is 55.5 Å². The molecular formula is C20H21N3O3S2. The second-order valence-corrected chi connectivity index (χ2v) is 8.76. The third kappa shape index (κ3) is 3.54. The van der Waals surface area contributed by atoms with E-state index in [9.17, 15) is 9.59 Å². The Bertz CT molecular complexity index is 1090. The van der Waals surface area contributed by atoms with E-state index < -0.39 is 5.91 Å². The summed E-state index contributed by atoms with van der Waals surface area (Å²) in [5, 5.41) is 1.21. The van der Waals surface area contributed by atoms with Gasteiger partial charge in [-0.3, -0.25) is 14.2 Å². The SMILES string of the molecule is COc1ccc(-n2c(SCC(N)=O)nc3sc4c(c3c2=O)CCCCC4)cc1. The number of ether oxygens (including phenoxy) is 1. The molecule has 0 saturated carbocycles. The summed E-state index contributed by atoms with van der Waals surface area (Å²) in [5.41, 5.74) is 7.10. The number of aryl methyl sites for hydroxylation is 2. The van der Waals surface area contributed by atoms with Crippen LogP contribution in [0.4, 0.5) is 0 Å². The van der Waals surface area contributed by atoms with Crippen molar-refractivity contribution in [3.63, 3.8) is 0 Å². The molecule has 0 saturated heterocycles. The molecule has 2 aromatic heterocycles. The summed E-state index contributed by atoms with van der Waals surface area (Å²) in [5.74, 6) is 0.336. The Morgan fingerprint density at radius 2 is 2.00 bits per heavy atom. The first kappa shape index (κ1) is 19.0. The fraction of sp³-hybridized carbons (Fsp3) is 0.350. The minimum atomic E-state index is -0.442. The molecule has 0 bridgehead atoms. The van der Waals surface area contributed by atoms with E-state index in [1.165, 1.54) is 23.1 Å². The summed E-state index contributed by atoms with van der Waals surface area (Å²) in [6, 6.07) is 7.27. The zero-order chi connectivity index (χ0) is 19.7. The fourth-order valence-corrected chi connectivity index (χ4v) is 5.61. The fourth-order valence-electron chi connectivity index (χ4n) is 3.55. The van der Waals surface area contributed by atoms with E-state index in [1.54, 1.807) is 23.0 Å². The number of primary amides is 1. The zero-order valence-corrected chi connectivity index (χ0v) is 17.2. The molecule has 4 rings (SSSR count). The van der Waals surface area contributed by atoms with Crippen LogP contribution in [-0.4, -0.2) is 28.3 Å². The Morgan fingerprint density at radius 1 is 1.25 bits per heavy atom. The van der Waals surface area contributed by atoms with Crippen LogP contribution in [-0.2, 0) is 17.6 Å². The van der Waals surface area contributed by atoms with Gasteiger partial charge in [0.05, 0.1) is 23.9 Å². The molecule has 0 unspecified atom stereocenters. The monoisotopic (exact) mass is 415 g/mol. The molecule has 1 aromatic carbocycles. The molecule has 0 spiro atoms. The average molecular weight is 416 g/mol. The van der Waals surface area contributed by atoms with Crippen LogP contribution >= 0.6 is 23.1 Å². The third-order valence-electron chi connectivity index (χ3n) is 4.88. The van der Waals surface area contributed by atoms with Crippen molar-refractivity contribution in [3.05, 3.63) is 45.1 Å². The van der Waals surface area contributed by atoms with Crippen LogP contribution < -0.4 is 16.0 Å². The predicted octanol–water partition coefficient (Wildman–Crippen LogP) is 3.30. The van der Waals surface area contributed by atoms with Crippen LogP contribution in [0.5, 0.6) is 5.75 Å². The largest absolute Gasteiger partial charge is 0.497 e. The summed E-state index contributed by atoms with van der Waals surface area (Å²) < 4.78 is 6.81.